The summed E-state index contributed by atoms with van der Waals surface area (Å²) in [7, 11) is 1.20. The van der Waals surface area contributed by atoms with Crippen molar-refractivity contribution in [3.8, 4) is 12.3 Å². The van der Waals surface area contributed by atoms with Crippen LogP contribution >= 0.6 is 0 Å². The molecule has 0 bridgehead atoms. The van der Waals surface area contributed by atoms with Gasteiger partial charge < -0.3 is 20.5 Å². The van der Waals surface area contributed by atoms with Crippen LogP contribution in [0.2, 0.25) is 0 Å². The summed E-state index contributed by atoms with van der Waals surface area (Å²) in [5.74, 6) is 0.396. The molecule has 7 heteroatoms. The second kappa shape index (κ2) is 7.98. The first kappa shape index (κ1) is 14.8. The number of hydrogen-bond donors (Lipinski definition) is 3. The molecule has 0 aromatic carbocycles. The summed E-state index contributed by atoms with van der Waals surface area (Å²) < 4.78 is 4.36. The molecule has 0 spiro atoms. The lowest BCUT2D eigenvalue weighted by molar-refractivity contribution is -0.142. The number of aliphatic carboxylic acids is 1. The monoisotopic (exact) mass is 242 g/mol. The maximum Gasteiger partial charge on any atom is 0.326 e. The molecule has 0 aliphatic rings. The van der Waals surface area contributed by atoms with Crippen LogP contribution in [0.15, 0.2) is 0 Å². The highest BCUT2D eigenvalue weighted by Crippen LogP contribution is 1.99. The van der Waals surface area contributed by atoms with Gasteiger partial charge in [0.15, 0.2) is 0 Å². The summed E-state index contributed by atoms with van der Waals surface area (Å²) in [6.07, 6.45) is 4.77. The van der Waals surface area contributed by atoms with Gasteiger partial charge in [0.05, 0.1) is 13.7 Å². The van der Waals surface area contributed by atoms with Crippen LogP contribution in [0.3, 0.4) is 0 Å². The molecule has 7 nitrogen and oxygen atoms in total. The summed E-state index contributed by atoms with van der Waals surface area (Å²) in [4.78, 5) is 32.7. The molecule has 0 rings (SSSR count). The fourth-order valence-corrected chi connectivity index (χ4v) is 0.962. The van der Waals surface area contributed by atoms with Crippen molar-refractivity contribution in [1.82, 2.24) is 10.6 Å². The number of carbonyl (C=O) groups is 3. The smallest absolute Gasteiger partial charge is 0.326 e. The zero-order chi connectivity index (χ0) is 13.3. The van der Waals surface area contributed by atoms with E-state index in [-0.39, 0.29) is 19.4 Å². The van der Waals surface area contributed by atoms with Gasteiger partial charge in [0, 0.05) is 6.42 Å². The highest BCUT2D eigenvalue weighted by molar-refractivity contribution is 5.83. The molecule has 0 radical (unpaired) electrons. The fraction of sp³-hybridized carbons (Fsp3) is 0.500. The molecule has 0 aromatic heterocycles. The zero-order valence-corrected chi connectivity index (χ0v) is 9.36. The number of carbonyl (C=O) groups excluding carboxylic acids is 2. The number of rotatable bonds is 6. The Labute approximate surface area is 98.5 Å². The van der Waals surface area contributed by atoms with Crippen molar-refractivity contribution in [2.24, 2.45) is 0 Å². The van der Waals surface area contributed by atoms with Crippen molar-refractivity contribution in [3.63, 3.8) is 0 Å². The minimum atomic E-state index is -1.23. The van der Waals surface area contributed by atoms with E-state index in [4.69, 9.17) is 11.5 Å². The van der Waals surface area contributed by atoms with Crippen molar-refractivity contribution in [1.29, 1.82) is 0 Å². The lowest BCUT2D eigenvalue weighted by Gasteiger charge is -2.13. The number of nitrogens with one attached hydrogen (secondary N) is 2. The number of hydrogen-bond acceptors (Lipinski definition) is 4. The number of urea groups is 1. The summed E-state index contributed by atoms with van der Waals surface area (Å²) in [5.41, 5.74) is 0. The van der Waals surface area contributed by atoms with Crippen LogP contribution in [0.4, 0.5) is 4.79 Å². The Kier molecular flexibility index (Phi) is 6.94. The van der Waals surface area contributed by atoms with Gasteiger partial charge in [-0.05, 0) is 6.42 Å². The lowest BCUT2D eigenvalue weighted by atomic mass is 10.1. The topological polar surface area (TPSA) is 105 Å². The van der Waals surface area contributed by atoms with E-state index >= 15 is 0 Å². The van der Waals surface area contributed by atoms with Crippen molar-refractivity contribution in [2.45, 2.75) is 18.9 Å². The molecule has 0 aliphatic carbocycles. The van der Waals surface area contributed by atoms with Gasteiger partial charge in [-0.25, -0.2) is 9.59 Å². The maximum atomic E-state index is 11.1. The Balaban J connectivity index is 4.16. The fourth-order valence-electron chi connectivity index (χ4n) is 0.962. The zero-order valence-electron chi connectivity index (χ0n) is 9.36. The molecular formula is C10H14N2O5. The molecule has 3 N–H and O–H groups in total. The van der Waals surface area contributed by atoms with Crippen LogP contribution in [-0.4, -0.2) is 42.8 Å². The molecule has 0 saturated heterocycles. The molecule has 2 amide bonds. The molecule has 94 valence electrons. The summed E-state index contributed by atoms with van der Waals surface area (Å²) >= 11 is 0. The van der Waals surface area contributed by atoms with E-state index in [1.54, 1.807) is 0 Å². The van der Waals surface area contributed by atoms with Crippen LogP contribution < -0.4 is 10.6 Å². The second-order valence-corrected chi connectivity index (χ2v) is 3.04. The lowest BCUT2D eigenvalue weighted by Crippen LogP contribution is -2.46. The number of ether oxygens (including phenoxy) is 1. The van der Waals surface area contributed by atoms with E-state index in [1.165, 1.54) is 7.11 Å². The van der Waals surface area contributed by atoms with Crippen molar-refractivity contribution >= 4 is 18.0 Å². The van der Waals surface area contributed by atoms with Crippen molar-refractivity contribution in [3.05, 3.63) is 0 Å². The summed E-state index contributed by atoms with van der Waals surface area (Å²) in [6.45, 7) is -0.00479. The number of terminal acetylenes is 1. The third kappa shape index (κ3) is 6.78. The minimum absolute atomic E-state index is 0.00479. The highest BCUT2D eigenvalue weighted by Gasteiger charge is 2.20. The van der Waals surface area contributed by atoms with Crippen LogP contribution in [0.1, 0.15) is 12.8 Å². The van der Waals surface area contributed by atoms with Gasteiger partial charge in [0.2, 0.25) is 0 Å². The Morgan fingerprint density at radius 3 is 2.59 bits per heavy atom. The minimum Gasteiger partial charge on any atom is -0.480 e. The highest BCUT2D eigenvalue weighted by atomic mass is 16.5. The predicted octanol–water partition coefficient (Wildman–Crippen LogP) is -0.675. The normalized spacial score (nSPS) is 10.8. The molecule has 0 saturated carbocycles. The number of carboxylic acid groups (broad SMARTS) is 1. The number of carboxylic acids is 1. The van der Waals surface area contributed by atoms with E-state index in [1.807, 2.05) is 0 Å². The Hall–Kier alpha value is -2.23. The number of methoxy groups -OCH3 is 1. The molecule has 0 aromatic rings. The van der Waals surface area contributed by atoms with Gasteiger partial charge in [-0.3, -0.25) is 4.79 Å². The first-order chi connectivity index (χ1) is 8.01. The third-order valence-electron chi connectivity index (χ3n) is 1.82. The van der Waals surface area contributed by atoms with Crippen LogP contribution in [0, 0.1) is 12.3 Å². The van der Waals surface area contributed by atoms with E-state index in [0.29, 0.717) is 0 Å². The predicted molar refractivity (Wildman–Crippen MR) is 58.0 cm³/mol. The average molecular weight is 242 g/mol. The van der Waals surface area contributed by atoms with E-state index < -0.39 is 24.0 Å². The van der Waals surface area contributed by atoms with Crippen molar-refractivity contribution in [2.75, 3.05) is 13.7 Å². The van der Waals surface area contributed by atoms with E-state index in [0.717, 1.165) is 0 Å². The van der Waals surface area contributed by atoms with Crippen LogP contribution in [0.5, 0.6) is 0 Å². The Morgan fingerprint density at radius 1 is 1.47 bits per heavy atom. The second-order valence-electron chi connectivity index (χ2n) is 3.04. The van der Waals surface area contributed by atoms with Gasteiger partial charge in [0.25, 0.3) is 0 Å². The molecule has 0 fully saturated rings. The standard InChI is InChI=1S/C10H14N2O5/c1-3-6-11-10(16)12-7(9(14)15)4-5-8(13)17-2/h1,7H,4-6H2,2H3,(H,14,15)(H2,11,12,16)/t7-/m1/s1. The summed E-state index contributed by atoms with van der Waals surface area (Å²) in [5, 5.41) is 13.2. The molecule has 0 unspecified atom stereocenters. The summed E-state index contributed by atoms with van der Waals surface area (Å²) in [6, 6.07) is -1.85. The molecular weight excluding hydrogens is 228 g/mol. The van der Waals surface area contributed by atoms with Crippen LogP contribution in [-0.2, 0) is 14.3 Å². The van der Waals surface area contributed by atoms with E-state index in [9.17, 15) is 14.4 Å². The SMILES string of the molecule is C#CCNC(=O)N[C@H](CCC(=O)OC)C(=O)O. The quantitative estimate of drug-likeness (QED) is 0.423. The molecule has 1 atom stereocenters. The van der Waals surface area contributed by atoms with Crippen molar-refractivity contribution < 1.29 is 24.2 Å². The van der Waals surface area contributed by atoms with Gasteiger partial charge in [0.1, 0.15) is 6.04 Å². The average Bonchev–Trinajstić information content (AvgIpc) is 2.30. The Morgan fingerprint density at radius 2 is 2.12 bits per heavy atom. The molecule has 0 heterocycles. The first-order valence-corrected chi connectivity index (χ1v) is 4.78. The Bertz CT molecular complexity index is 334. The van der Waals surface area contributed by atoms with Gasteiger partial charge in [-0.2, -0.15) is 0 Å². The number of esters is 1. The third-order valence-corrected chi connectivity index (χ3v) is 1.82. The maximum absolute atomic E-state index is 11.1. The largest absolute Gasteiger partial charge is 0.480 e. The van der Waals surface area contributed by atoms with Gasteiger partial charge in [-0.1, -0.05) is 5.92 Å². The van der Waals surface area contributed by atoms with E-state index in [2.05, 4.69) is 21.3 Å². The molecule has 17 heavy (non-hydrogen) atoms. The van der Waals surface area contributed by atoms with Crippen LogP contribution in [0.25, 0.3) is 0 Å². The first-order valence-electron chi connectivity index (χ1n) is 4.78. The van der Waals surface area contributed by atoms with Gasteiger partial charge in [-0.15, -0.1) is 6.42 Å². The number of amides is 2. The van der Waals surface area contributed by atoms with Gasteiger partial charge >= 0.3 is 18.0 Å². The molecule has 0 aliphatic heterocycles.